The molecular weight excluding hydrogens is 261 g/mol. The number of para-hydroxylation sites is 1. The van der Waals surface area contributed by atoms with Crippen LogP contribution in [0.3, 0.4) is 0 Å². The zero-order valence-corrected chi connectivity index (χ0v) is 12.4. The number of rotatable bonds is 0. The van der Waals surface area contributed by atoms with Crippen LogP contribution < -0.4 is 5.46 Å². The average Bonchev–Trinajstić information content (AvgIpc) is 2.71. The highest BCUT2D eigenvalue weighted by Gasteiger charge is 2.21. The third kappa shape index (κ3) is 2.42. The Labute approximate surface area is 124 Å². The number of benzene rings is 2. The van der Waals surface area contributed by atoms with E-state index in [1.807, 2.05) is 57.2 Å². The summed E-state index contributed by atoms with van der Waals surface area (Å²) >= 11 is 0. The third-order valence-corrected chi connectivity index (χ3v) is 3.27. The number of aromatic nitrogens is 1. The Hall–Kier alpha value is -2.23. The molecule has 0 amide bonds. The molecule has 2 aromatic carbocycles. The summed E-state index contributed by atoms with van der Waals surface area (Å²) in [5.74, 6) is 0. The van der Waals surface area contributed by atoms with Crippen LogP contribution in [0, 0.1) is 0 Å². The lowest BCUT2D eigenvalue weighted by Crippen LogP contribution is -2.27. The predicted octanol–water partition coefficient (Wildman–Crippen LogP) is 3.37. The van der Waals surface area contributed by atoms with Gasteiger partial charge in [0.05, 0.1) is 11.0 Å². The number of carbonyl (C=O) groups is 1. The van der Waals surface area contributed by atoms with Crippen LogP contribution in [0.4, 0.5) is 4.79 Å². The molecule has 3 rings (SSSR count). The van der Waals surface area contributed by atoms with Crippen molar-refractivity contribution in [2.24, 2.45) is 0 Å². The Morgan fingerprint density at radius 2 is 1.71 bits per heavy atom. The predicted molar refractivity (Wildman–Crippen MR) is 86.5 cm³/mol. The summed E-state index contributed by atoms with van der Waals surface area (Å²) in [5, 5.41) is 1.95. The molecule has 1 heterocycles. The van der Waals surface area contributed by atoms with Crippen molar-refractivity contribution in [3.63, 3.8) is 0 Å². The molecule has 0 unspecified atom stereocenters. The van der Waals surface area contributed by atoms with E-state index in [9.17, 15) is 4.79 Å². The molecule has 0 bridgehead atoms. The first-order valence-corrected chi connectivity index (χ1v) is 6.89. The first-order chi connectivity index (χ1) is 9.87. The summed E-state index contributed by atoms with van der Waals surface area (Å²) < 4.78 is 7.13. The Morgan fingerprint density at radius 3 is 2.43 bits per heavy atom. The molecule has 0 saturated carbocycles. The van der Waals surface area contributed by atoms with Gasteiger partial charge < -0.3 is 4.74 Å². The van der Waals surface area contributed by atoms with Gasteiger partial charge in [-0.05, 0) is 32.9 Å². The SMILES string of the molecule is [B]c1ccc2c(c1)c1ccccc1n2C(=O)OC(C)(C)C. The number of hydrogen-bond acceptors (Lipinski definition) is 2. The van der Waals surface area contributed by atoms with E-state index in [2.05, 4.69) is 0 Å². The minimum Gasteiger partial charge on any atom is -0.443 e. The molecule has 0 aliphatic heterocycles. The monoisotopic (exact) mass is 277 g/mol. The zero-order valence-electron chi connectivity index (χ0n) is 12.4. The molecule has 0 atom stereocenters. The highest BCUT2D eigenvalue weighted by molar-refractivity contribution is 6.34. The first kappa shape index (κ1) is 13.7. The lowest BCUT2D eigenvalue weighted by molar-refractivity contribution is 0.0551. The number of hydrogen-bond donors (Lipinski definition) is 0. The fraction of sp³-hybridized carbons (Fsp3) is 0.235. The molecule has 0 spiro atoms. The fourth-order valence-electron chi connectivity index (χ4n) is 2.49. The van der Waals surface area contributed by atoms with Gasteiger partial charge in [-0.15, -0.1) is 0 Å². The summed E-state index contributed by atoms with van der Waals surface area (Å²) in [5.41, 5.74) is 1.77. The summed E-state index contributed by atoms with van der Waals surface area (Å²) in [4.78, 5) is 12.5. The lowest BCUT2D eigenvalue weighted by Gasteiger charge is -2.20. The Balaban J connectivity index is 2.31. The van der Waals surface area contributed by atoms with Crippen molar-refractivity contribution < 1.29 is 9.53 Å². The summed E-state index contributed by atoms with van der Waals surface area (Å²) in [6, 6.07) is 13.3. The van der Waals surface area contributed by atoms with Gasteiger partial charge in [0.2, 0.25) is 0 Å². The minimum absolute atomic E-state index is 0.376. The van der Waals surface area contributed by atoms with E-state index in [1.54, 1.807) is 10.6 Å². The molecule has 0 aliphatic carbocycles. The first-order valence-electron chi connectivity index (χ1n) is 6.89. The smallest absolute Gasteiger partial charge is 0.419 e. The maximum atomic E-state index is 12.5. The molecule has 4 heteroatoms. The second-order valence-corrected chi connectivity index (χ2v) is 6.11. The van der Waals surface area contributed by atoms with Crippen LogP contribution in [0.2, 0.25) is 0 Å². The van der Waals surface area contributed by atoms with E-state index in [0.29, 0.717) is 5.46 Å². The maximum absolute atomic E-state index is 12.5. The normalized spacial score (nSPS) is 12.0. The maximum Gasteiger partial charge on any atom is 0.419 e. The number of carbonyl (C=O) groups excluding carboxylic acids is 1. The minimum atomic E-state index is -0.539. The van der Waals surface area contributed by atoms with Crippen LogP contribution in [-0.4, -0.2) is 24.1 Å². The van der Waals surface area contributed by atoms with Gasteiger partial charge in [0.25, 0.3) is 0 Å². The average molecular weight is 277 g/mol. The highest BCUT2D eigenvalue weighted by atomic mass is 16.6. The van der Waals surface area contributed by atoms with Crippen molar-refractivity contribution in [2.75, 3.05) is 0 Å². The van der Waals surface area contributed by atoms with E-state index in [0.717, 1.165) is 21.8 Å². The Morgan fingerprint density at radius 1 is 1.05 bits per heavy atom. The van der Waals surface area contributed by atoms with Gasteiger partial charge in [-0.2, -0.15) is 0 Å². The van der Waals surface area contributed by atoms with Gasteiger partial charge in [0.1, 0.15) is 13.4 Å². The summed E-state index contributed by atoms with van der Waals surface area (Å²) in [6.45, 7) is 5.57. The second-order valence-electron chi connectivity index (χ2n) is 6.11. The van der Waals surface area contributed by atoms with Crippen molar-refractivity contribution in [1.29, 1.82) is 0 Å². The third-order valence-electron chi connectivity index (χ3n) is 3.27. The quantitative estimate of drug-likeness (QED) is 0.590. The van der Waals surface area contributed by atoms with Gasteiger partial charge in [-0.1, -0.05) is 35.8 Å². The molecule has 3 aromatic rings. The van der Waals surface area contributed by atoms with E-state index in [4.69, 9.17) is 12.6 Å². The Bertz CT molecular complexity index is 843. The van der Waals surface area contributed by atoms with Gasteiger partial charge in [-0.25, -0.2) is 9.36 Å². The number of ether oxygens (including phenoxy) is 1. The summed E-state index contributed by atoms with van der Waals surface area (Å²) in [7, 11) is 5.88. The molecule has 0 aliphatic rings. The molecular formula is C17H16BNO2. The van der Waals surface area contributed by atoms with Crippen LogP contribution in [-0.2, 0) is 4.74 Å². The topological polar surface area (TPSA) is 31.2 Å². The number of fused-ring (bicyclic) bond motifs is 3. The van der Waals surface area contributed by atoms with Gasteiger partial charge in [0.15, 0.2) is 0 Å². The fourth-order valence-corrected chi connectivity index (χ4v) is 2.49. The van der Waals surface area contributed by atoms with Crippen molar-refractivity contribution >= 4 is 41.2 Å². The Kier molecular flexibility index (Phi) is 3.05. The van der Waals surface area contributed by atoms with Crippen molar-refractivity contribution in [3.8, 4) is 0 Å². The zero-order chi connectivity index (χ0) is 15.2. The summed E-state index contributed by atoms with van der Waals surface area (Å²) in [6.07, 6.45) is -0.376. The molecule has 21 heavy (non-hydrogen) atoms. The van der Waals surface area contributed by atoms with Crippen molar-refractivity contribution in [1.82, 2.24) is 4.57 Å². The number of nitrogens with zero attached hydrogens (tertiary/aromatic N) is 1. The largest absolute Gasteiger partial charge is 0.443 e. The van der Waals surface area contributed by atoms with Crippen LogP contribution in [0.25, 0.3) is 21.8 Å². The highest BCUT2D eigenvalue weighted by Crippen LogP contribution is 2.28. The standard InChI is InChI=1S/C17H16BNO2/c1-17(2,3)21-16(20)19-14-7-5-4-6-12(14)13-10-11(18)8-9-15(13)19/h4-10H,1-3H3. The van der Waals surface area contributed by atoms with Crippen molar-refractivity contribution in [3.05, 3.63) is 42.5 Å². The van der Waals surface area contributed by atoms with Crippen LogP contribution in [0.1, 0.15) is 20.8 Å². The van der Waals surface area contributed by atoms with Gasteiger partial charge in [-0.3, -0.25) is 0 Å². The van der Waals surface area contributed by atoms with Gasteiger partial charge >= 0.3 is 6.09 Å². The van der Waals surface area contributed by atoms with Crippen LogP contribution in [0.5, 0.6) is 0 Å². The molecule has 2 radical (unpaired) electrons. The molecule has 0 fully saturated rings. The second kappa shape index (κ2) is 4.66. The molecule has 104 valence electrons. The lowest BCUT2D eigenvalue weighted by atomic mass is 9.94. The molecule has 3 nitrogen and oxygen atoms in total. The van der Waals surface area contributed by atoms with Gasteiger partial charge in [0, 0.05) is 10.8 Å². The van der Waals surface area contributed by atoms with E-state index in [-0.39, 0.29) is 6.09 Å². The van der Waals surface area contributed by atoms with E-state index < -0.39 is 5.60 Å². The van der Waals surface area contributed by atoms with Crippen LogP contribution in [0.15, 0.2) is 42.5 Å². The molecule has 0 saturated heterocycles. The van der Waals surface area contributed by atoms with E-state index >= 15 is 0 Å². The molecule has 0 N–H and O–H groups in total. The molecule has 1 aromatic heterocycles. The van der Waals surface area contributed by atoms with Crippen LogP contribution >= 0.6 is 0 Å². The van der Waals surface area contributed by atoms with E-state index in [1.165, 1.54) is 0 Å². The van der Waals surface area contributed by atoms with Crippen molar-refractivity contribution in [2.45, 2.75) is 26.4 Å².